The van der Waals surface area contributed by atoms with E-state index in [1.54, 1.807) is 0 Å². The standard InChI is InChI=1S/C59H42N2/c1-59(2)54-24-10-8-20-50(54)51-34-33-47(38-55(51)59)60(44-18-4-3-5-19-44)45-30-27-40(28-31-45)48-22-12-16-41-17-13-23-49(58(41)48)43-29-35-57-53(37-43)52-21-9-11-25-56(52)61(57)46-32-26-39-14-6-7-15-42(39)36-46/h3-38H,1-2H3. The van der Waals surface area contributed by atoms with Crippen molar-refractivity contribution in [3.05, 3.63) is 230 Å². The maximum absolute atomic E-state index is 2.41. The third kappa shape index (κ3) is 5.56. The molecule has 1 aliphatic carbocycles. The van der Waals surface area contributed by atoms with Gasteiger partial charge in [-0.3, -0.25) is 0 Å². The van der Waals surface area contributed by atoms with E-state index in [9.17, 15) is 0 Å². The van der Waals surface area contributed by atoms with Crippen LogP contribution < -0.4 is 4.90 Å². The van der Waals surface area contributed by atoms with Crippen LogP contribution in [0.5, 0.6) is 0 Å². The first kappa shape index (κ1) is 35.3. The zero-order chi connectivity index (χ0) is 40.7. The number of rotatable bonds is 6. The summed E-state index contributed by atoms with van der Waals surface area (Å²) in [5.74, 6) is 0. The van der Waals surface area contributed by atoms with Gasteiger partial charge in [0.05, 0.1) is 11.0 Å². The van der Waals surface area contributed by atoms with Crippen LogP contribution in [0.1, 0.15) is 25.0 Å². The summed E-state index contributed by atoms with van der Waals surface area (Å²) in [6.45, 7) is 4.70. The van der Waals surface area contributed by atoms with Crippen molar-refractivity contribution in [2.45, 2.75) is 19.3 Å². The van der Waals surface area contributed by atoms with Gasteiger partial charge in [0.25, 0.3) is 0 Å². The maximum atomic E-state index is 2.41. The smallest absolute Gasteiger partial charge is 0.0541 e. The number of hydrogen-bond donors (Lipinski definition) is 0. The van der Waals surface area contributed by atoms with Crippen LogP contribution in [0.15, 0.2) is 218 Å². The second kappa shape index (κ2) is 13.7. The predicted octanol–water partition coefficient (Wildman–Crippen LogP) is 16.2. The average molecular weight is 779 g/mol. The SMILES string of the molecule is CC1(C)c2ccccc2-c2ccc(N(c3ccccc3)c3ccc(-c4cccc5cccc(-c6ccc7c(c6)c6ccccc6n7-c6ccc7ccccc7c6)c45)cc3)cc21. The second-order valence-corrected chi connectivity index (χ2v) is 16.9. The molecule has 0 aliphatic heterocycles. The van der Waals surface area contributed by atoms with E-state index in [2.05, 4.69) is 242 Å². The molecular weight excluding hydrogens is 737 g/mol. The number of anilines is 3. The molecule has 2 heteroatoms. The van der Waals surface area contributed by atoms with Crippen LogP contribution in [-0.4, -0.2) is 4.57 Å². The monoisotopic (exact) mass is 778 g/mol. The number of hydrogen-bond acceptors (Lipinski definition) is 1. The molecule has 61 heavy (non-hydrogen) atoms. The molecule has 1 heterocycles. The molecule has 12 rings (SSSR count). The van der Waals surface area contributed by atoms with Gasteiger partial charge >= 0.3 is 0 Å². The summed E-state index contributed by atoms with van der Waals surface area (Å²) in [6.07, 6.45) is 0. The molecule has 10 aromatic carbocycles. The fourth-order valence-corrected chi connectivity index (χ4v) is 10.2. The maximum Gasteiger partial charge on any atom is 0.0541 e. The molecule has 0 saturated carbocycles. The lowest BCUT2D eigenvalue weighted by Crippen LogP contribution is -2.16. The fraction of sp³-hybridized carbons (Fsp3) is 0.0508. The van der Waals surface area contributed by atoms with E-state index in [4.69, 9.17) is 0 Å². The van der Waals surface area contributed by atoms with Crippen LogP contribution in [-0.2, 0) is 5.41 Å². The Morgan fingerprint density at radius 2 is 0.967 bits per heavy atom. The first-order valence-electron chi connectivity index (χ1n) is 21.3. The van der Waals surface area contributed by atoms with Gasteiger partial charge in [-0.2, -0.15) is 0 Å². The first-order chi connectivity index (χ1) is 30.0. The quantitative estimate of drug-likeness (QED) is 0.163. The van der Waals surface area contributed by atoms with Gasteiger partial charge in [0.2, 0.25) is 0 Å². The van der Waals surface area contributed by atoms with E-state index >= 15 is 0 Å². The van der Waals surface area contributed by atoms with E-state index in [1.807, 2.05) is 0 Å². The van der Waals surface area contributed by atoms with Gasteiger partial charge in [-0.05, 0) is 133 Å². The van der Waals surface area contributed by atoms with Crippen LogP contribution in [0.3, 0.4) is 0 Å². The Balaban J connectivity index is 0.964. The third-order valence-electron chi connectivity index (χ3n) is 13.2. The van der Waals surface area contributed by atoms with E-state index in [0.29, 0.717) is 0 Å². The minimum Gasteiger partial charge on any atom is -0.310 e. The van der Waals surface area contributed by atoms with Crippen LogP contribution in [0.25, 0.3) is 82.4 Å². The molecule has 0 unspecified atom stereocenters. The van der Waals surface area contributed by atoms with E-state index < -0.39 is 0 Å². The summed E-state index contributed by atoms with van der Waals surface area (Å²) < 4.78 is 2.41. The molecular formula is C59H42N2. The van der Waals surface area contributed by atoms with Crippen molar-refractivity contribution in [3.8, 4) is 39.1 Å². The van der Waals surface area contributed by atoms with E-state index in [-0.39, 0.29) is 5.41 Å². The predicted molar refractivity (Wildman–Crippen MR) is 259 cm³/mol. The van der Waals surface area contributed by atoms with Crippen LogP contribution >= 0.6 is 0 Å². The summed E-state index contributed by atoms with van der Waals surface area (Å²) in [7, 11) is 0. The summed E-state index contributed by atoms with van der Waals surface area (Å²) >= 11 is 0. The molecule has 1 aromatic heterocycles. The first-order valence-corrected chi connectivity index (χ1v) is 21.3. The molecule has 0 fully saturated rings. The van der Waals surface area contributed by atoms with Gasteiger partial charge in [0.1, 0.15) is 0 Å². The highest BCUT2D eigenvalue weighted by Gasteiger charge is 2.35. The average Bonchev–Trinajstić information content (AvgIpc) is 3.76. The molecule has 0 atom stereocenters. The Bertz CT molecular complexity index is 3490. The molecule has 0 radical (unpaired) electrons. The Morgan fingerprint density at radius 3 is 1.80 bits per heavy atom. The molecule has 0 spiro atoms. The molecule has 0 N–H and O–H groups in total. The van der Waals surface area contributed by atoms with Gasteiger partial charge in [0, 0.05) is 38.9 Å². The summed E-state index contributed by atoms with van der Waals surface area (Å²) in [5.41, 5.74) is 17.2. The van der Waals surface area contributed by atoms with E-state index in [0.717, 1.165) is 17.1 Å². The molecule has 2 nitrogen and oxygen atoms in total. The fourth-order valence-electron chi connectivity index (χ4n) is 10.2. The Kier molecular flexibility index (Phi) is 7.92. The van der Waals surface area contributed by atoms with Gasteiger partial charge < -0.3 is 9.47 Å². The van der Waals surface area contributed by atoms with Crippen molar-refractivity contribution >= 4 is 60.4 Å². The minimum atomic E-state index is -0.0843. The van der Waals surface area contributed by atoms with Crippen LogP contribution in [0.2, 0.25) is 0 Å². The largest absolute Gasteiger partial charge is 0.310 e. The topological polar surface area (TPSA) is 8.17 Å². The molecule has 0 amide bonds. The van der Waals surface area contributed by atoms with Crippen molar-refractivity contribution in [1.29, 1.82) is 0 Å². The van der Waals surface area contributed by atoms with Crippen LogP contribution in [0.4, 0.5) is 17.1 Å². The van der Waals surface area contributed by atoms with Crippen molar-refractivity contribution in [2.75, 3.05) is 4.90 Å². The molecule has 0 saturated heterocycles. The highest BCUT2D eigenvalue weighted by atomic mass is 15.1. The van der Waals surface area contributed by atoms with Crippen molar-refractivity contribution in [3.63, 3.8) is 0 Å². The molecule has 11 aromatic rings. The Morgan fingerprint density at radius 1 is 0.361 bits per heavy atom. The lowest BCUT2D eigenvalue weighted by atomic mass is 9.82. The lowest BCUT2D eigenvalue weighted by Gasteiger charge is -2.28. The number of nitrogens with zero attached hydrogens (tertiary/aromatic N) is 2. The minimum absolute atomic E-state index is 0.0843. The summed E-state index contributed by atoms with van der Waals surface area (Å²) in [4.78, 5) is 2.39. The Hall–Kier alpha value is -7.68. The zero-order valence-corrected chi connectivity index (χ0v) is 34.2. The van der Waals surface area contributed by atoms with Gasteiger partial charge in [-0.15, -0.1) is 0 Å². The number of fused-ring (bicyclic) bond motifs is 8. The van der Waals surface area contributed by atoms with Crippen molar-refractivity contribution < 1.29 is 0 Å². The van der Waals surface area contributed by atoms with E-state index in [1.165, 1.54) is 93.5 Å². The lowest BCUT2D eigenvalue weighted by molar-refractivity contribution is 0.660. The molecule has 0 bridgehead atoms. The highest BCUT2D eigenvalue weighted by molar-refractivity contribution is 6.13. The number of para-hydroxylation sites is 2. The van der Waals surface area contributed by atoms with Crippen LogP contribution in [0, 0.1) is 0 Å². The normalized spacial score (nSPS) is 12.9. The van der Waals surface area contributed by atoms with Gasteiger partial charge in [-0.25, -0.2) is 0 Å². The van der Waals surface area contributed by atoms with Gasteiger partial charge in [0.15, 0.2) is 0 Å². The number of aromatic nitrogens is 1. The third-order valence-corrected chi connectivity index (χ3v) is 13.2. The molecule has 1 aliphatic rings. The second-order valence-electron chi connectivity index (χ2n) is 16.9. The summed E-state index contributed by atoms with van der Waals surface area (Å²) in [5, 5.41) is 7.48. The van der Waals surface area contributed by atoms with Crippen molar-refractivity contribution in [2.24, 2.45) is 0 Å². The van der Waals surface area contributed by atoms with Crippen molar-refractivity contribution in [1.82, 2.24) is 4.57 Å². The molecule has 288 valence electrons. The highest BCUT2D eigenvalue weighted by Crippen LogP contribution is 2.51. The zero-order valence-electron chi connectivity index (χ0n) is 34.2. The number of benzene rings is 10. The van der Waals surface area contributed by atoms with Gasteiger partial charge in [-0.1, -0.05) is 166 Å². The Labute approximate surface area is 356 Å². The summed E-state index contributed by atoms with van der Waals surface area (Å²) in [6, 6.07) is 80.4.